The van der Waals surface area contributed by atoms with Gasteiger partial charge in [-0.3, -0.25) is 19.6 Å². The number of nitrogens with one attached hydrogen (secondary N) is 1. The largest absolute Gasteiger partial charge is 0.467 e. The number of amides is 2. The molecule has 35 heavy (non-hydrogen) atoms. The first-order valence-electron chi connectivity index (χ1n) is 11.8. The maximum Gasteiger partial charge on any atom is 0.260 e. The molecule has 1 saturated heterocycles. The van der Waals surface area contributed by atoms with Crippen molar-refractivity contribution >= 4 is 23.2 Å². The lowest BCUT2D eigenvalue weighted by atomic mass is 9.93. The number of nitrogens with zero attached hydrogens (tertiary/aromatic N) is 4. The van der Waals surface area contributed by atoms with Crippen LogP contribution >= 0.6 is 11.3 Å². The van der Waals surface area contributed by atoms with Crippen molar-refractivity contribution in [2.45, 2.75) is 45.0 Å². The molecule has 0 saturated carbocycles. The van der Waals surface area contributed by atoms with E-state index in [-0.39, 0.29) is 11.8 Å². The molecule has 2 aliphatic heterocycles. The number of hydrogen-bond donors (Lipinski definition) is 1. The van der Waals surface area contributed by atoms with Gasteiger partial charge < -0.3 is 19.9 Å². The van der Waals surface area contributed by atoms with Crippen LogP contribution in [-0.4, -0.2) is 63.5 Å². The minimum Gasteiger partial charge on any atom is -0.467 e. The fourth-order valence-corrected chi connectivity index (χ4v) is 5.24. The van der Waals surface area contributed by atoms with Crippen molar-refractivity contribution in [1.82, 2.24) is 25.1 Å². The summed E-state index contributed by atoms with van der Waals surface area (Å²) < 4.78 is 6.47. The van der Waals surface area contributed by atoms with Crippen molar-refractivity contribution in [2.24, 2.45) is 0 Å². The molecule has 2 aromatic heterocycles. The molecule has 1 aromatic carbocycles. The molecule has 1 spiro atoms. The lowest BCUT2D eigenvalue weighted by Gasteiger charge is -2.50. The third-order valence-corrected chi connectivity index (χ3v) is 7.74. The molecule has 182 valence electrons. The summed E-state index contributed by atoms with van der Waals surface area (Å²) in [6.45, 7) is 6.62. The van der Waals surface area contributed by atoms with Crippen molar-refractivity contribution in [3.05, 3.63) is 64.2 Å². The van der Waals surface area contributed by atoms with Crippen LogP contribution in [0.15, 0.2) is 48.2 Å². The van der Waals surface area contributed by atoms with Crippen LogP contribution in [-0.2, 0) is 6.54 Å². The van der Waals surface area contributed by atoms with E-state index in [9.17, 15) is 9.59 Å². The summed E-state index contributed by atoms with van der Waals surface area (Å²) in [6.07, 6.45) is 4.85. The van der Waals surface area contributed by atoms with Crippen LogP contribution in [0.2, 0.25) is 0 Å². The molecule has 1 N–H and O–H groups in total. The summed E-state index contributed by atoms with van der Waals surface area (Å²) in [4.78, 5) is 39.4. The topological polar surface area (TPSA) is 87.7 Å². The standard InChI is InChI=1S/C26H29N5O3S/c1-17(2)31-10-8-26(9-11-31)30(3)25(33)21-12-18(5-7-23(21)34-26)22-6-4-19(13-28-22)24(32)29-15-20-14-27-16-35-20/h4-7,12-14,16-17H,8-11,15H2,1-3H3,(H,29,32). The number of pyridine rings is 1. The Balaban J connectivity index is 1.31. The predicted octanol–water partition coefficient (Wildman–Crippen LogP) is 3.80. The second-order valence-corrected chi connectivity index (χ2v) is 10.3. The molecule has 9 heteroatoms. The molecule has 0 unspecified atom stereocenters. The van der Waals surface area contributed by atoms with Gasteiger partial charge in [0.05, 0.1) is 28.9 Å². The van der Waals surface area contributed by atoms with Gasteiger partial charge in [0.1, 0.15) is 5.75 Å². The highest BCUT2D eigenvalue weighted by molar-refractivity contribution is 7.09. The molecule has 2 aliphatic rings. The van der Waals surface area contributed by atoms with Crippen LogP contribution in [0, 0.1) is 0 Å². The quantitative estimate of drug-likeness (QED) is 0.584. The third kappa shape index (κ3) is 4.53. The minimum atomic E-state index is -0.594. The molecule has 1 fully saturated rings. The van der Waals surface area contributed by atoms with Crippen LogP contribution in [0.5, 0.6) is 5.75 Å². The minimum absolute atomic E-state index is 0.0369. The van der Waals surface area contributed by atoms with E-state index in [0.717, 1.165) is 36.4 Å². The highest BCUT2D eigenvalue weighted by Gasteiger charge is 2.47. The van der Waals surface area contributed by atoms with Crippen LogP contribution < -0.4 is 10.1 Å². The fourth-order valence-electron chi connectivity index (χ4n) is 4.71. The molecule has 2 amide bonds. The first kappa shape index (κ1) is 23.4. The first-order valence-corrected chi connectivity index (χ1v) is 12.7. The Morgan fingerprint density at radius 3 is 2.66 bits per heavy atom. The molecule has 3 aromatic rings. The van der Waals surface area contributed by atoms with Gasteiger partial charge >= 0.3 is 0 Å². The summed E-state index contributed by atoms with van der Waals surface area (Å²) in [5, 5.41) is 2.87. The Morgan fingerprint density at radius 2 is 2.00 bits per heavy atom. The van der Waals surface area contributed by atoms with Gasteiger partial charge in [-0.15, -0.1) is 11.3 Å². The number of benzene rings is 1. The van der Waals surface area contributed by atoms with E-state index in [1.54, 1.807) is 34.9 Å². The van der Waals surface area contributed by atoms with Gasteiger partial charge in [-0.1, -0.05) is 0 Å². The average molecular weight is 492 g/mol. The molecule has 4 heterocycles. The summed E-state index contributed by atoms with van der Waals surface area (Å²) >= 11 is 1.49. The van der Waals surface area contributed by atoms with Crippen molar-refractivity contribution in [1.29, 1.82) is 0 Å². The smallest absolute Gasteiger partial charge is 0.260 e. The Hall–Kier alpha value is -3.30. The molecule has 0 bridgehead atoms. The predicted molar refractivity (Wildman–Crippen MR) is 134 cm³/mol. The van der Waals surface area contributed by atoms with Gasteiger partial charge in [0.25, 0.3) is 11.8 Å². The summed E-state index contributed by atoms with van der Waals surface area (Å²) in [5.41, 5.74) is 3.65. The van der Waals surface area contributed by atoms with Crippen molar-refractivity contribution in [2.75, 3.05) is 20.1 Å². The summed E-state index contributed by atoms with van der Waals surface area (Å²) in [5.74, 6) is 0.390. The van der Waals surface area contributed by atoms with E-state index in [0.29, 0.717) is 35.2 Å². The van der Waals surface area contributed by atoms with Gasteiger partial charge in [0.15, 0.2) is 5.72 Å². The number of rotatable bonds is 5. The van der Waals surface area contributed by atoms with E-state index in [4.69, 9.17) is 4.74 Å². The number of likely N-dealkylation sites (tertiary alicyclic amines) is 1. The number of carbonyl (C=O) groups excluding carboxylic acids is 2. The zero-order valence-electron chi connectivity index (χ0n) is 20.2. The number of aromatic nitrogens is 2. The van der Waals surface area contributed by atoms with Crippen LogP contribution in [0.1, 0.15) is 52.3 Å². The molecule has 0 atom stereocenters. The second-order valence-electron chi connectivity index (χ2n) is 9.34. The number of thiazole rings is 1. The van der Waals surface area contributed by atoms with Gasteiger partial charge in [-0.2, -0.15) is 0 Å². The van der Waals surface area contributed by atoms with E-state index in [1.807, 2.05) is 25.2 Å². The Bertz CT molecular complexity index is 1220. The van der Waals surface area contributed by atoms with Gasteiger partial charge in [-0.25, -0.2) is 0 Å². The number of carbonyl (C=O) groups is 2. The summed E-state index contributed by atoms with van der Waals surface area (Å²) in [6, 6.07) is 9.63. The number of piperidine rings is 1. The Kier molecular flexibility index (Phi) is 6.29. The highest BCUT2D eigenvalue weighted by atomic mass is 32.1. The van der Waals surface area contributed by atoms with Gasteiger partial charge in [-0.05, 0) is 44.2 Å². The zero-order chi connectivity index (χ0) is 24.6. The molecule has 8 nitrogen and oxygen atoms in total. The Labute approximate surface area is 208 Å². The monoisotopic (exact) mass is 491 g/mol. The van der Waals surface area contributed by atoms with Crippen molar-refractivity contribution in [3.8, 4) is 17.0 Å². The third-order valence-electron chi connectivity index (χ3n) is 6.96. The first-order chi connectivity index (χ1) is 16.9. The average Bonchev–Trinajstić information content (AvgIpc) is 3.40. The van der Waals surface area contributed by atoms with Gasteiger partial charge in [0, 0.05) is 61.9 Å². The normalized spacial score (nSPS) is 17.4. The van der Waals surface area contributed by atoms with Crippen LogP contribution in [0.3, 0.4) is 0 Å². The fraction of sp³-hybridized carbons (Fsp3) is 0.385. The zero-order valence-corrected chi connectivity index (χ0v) is 21.0. The maximum absolute atomic E-state index is 13.4. The molecular weight excluding hydrogens is 462 g/mol. The lowest BCUT2D eigenvalue weighted by Crippen LogP contribution is -2.62. The lowest BCUT2D eigenvalue weighted by molar-refractivity contribution is -0.104. The van der Waals surface area contributed by atoms with E-state index in [1.165, 1.54) is 11.3 Å². The van der Waals surface area contributed by atoms with Crippen molar-refractivity contribution < 1.29 is 14.3 Å². The van der Waals surface area contributed by atoms with Crippen LogP contribution in [0.25, 0.3) is 11.3 Å². The molecule has 5 rings (SSSR count). The molecule has 0 aliphatic carbocycles. The number of fused-ring (bicyclic) bond motifs is 1. The van der Waals surface area contributed by atoms with Crippen molar-refractivity contribution in [3.63, 3.8) is 0 Å². The van der Waals surface area contributed by atoms with E-state index < -0.39 is 5.72 Å². The Morgan fingerprint density at radius 1 is 1.20 bits per heavy atom. The van der Waals surface area contributed by atoms with Gasteiger partial charge in [0.2, 0.25) is 0 Å². The highest BCUT2D eigenvalue weighted by Crippen LogP contribution is 2.40. The number of hydrogen-bond acceptors (Lipinski definition) is 7. The van der Waals surface area contributed by atoms with Crippen LogP contribution in [0.4, 0.5) is 0 Å². The maximum atomic E-state index is 13.4. The van der Waals surface area contributed by atoms with E-state index >= 15 is 0 Å². The summed E-state index contributed by atoms with van der Waals surface area (Å²) in [7, 11) is 1.83. The second kappa shape index (κ2) is 9.39. The van der Waals surface area contributed by atoms with E-state index in [2.05, 4.69) is 34.0 Å². The SMILES string of the molecule is CC(C)N1CCC2(CC1)Oc1ccc(-c3ccc(C(=O)NCc4cncs4)cn3)cc1C(=O)N2C. The molecule has 0 radical (unpaired) electrons. The molecular formula is C26H29N5O3S. The number of ether oxygens (including phenoxy) is 1.